The van der Waals surface area contributed by atoms with Crippen LogP contribution in [0, 0.1) is 0 Å². The highest BCUT2D eigenvalue weighted by atomic mass is 16.5. The van der Waals surface area contributed by atoms with E-state index in [2.05, 4.69) is 16.9 Å². The number of hydrogen-bond donors (Lipinski definition) is 2. The molecule has 7 nitrogen and oxygen atoms in total. The molecule has 0 aromatic carbocycles. The Kier molecular flexibility index (Phi) is 4.74. The van der Waals surface area contributed by atoms with E-state index < -0.39 is 5.91 Å². The molecule has 2 rings (SSSR count). The van der Waals surface area contributed by atoms with Gasteiger partial charge in [0.1, 0.15) is 18.1 Å². The van der Waals surface area contributed by atoms with E-state index in [-0.39, 0.29) is 12.4 Å². The zero-order valence-electron chi connectivity index (χ0n) is 12.1. The molecule has 112 valence electrons. The number of ether oxygens (including phenoxy) is 1. The van der Waals surface area contributed by atoms with Gasteiger partial charge in [0.25, 0.3) is 5.91 Å². The van der Waals surface area contributed by atoms with Crippen LogP contribution in [0.3, 0.4) is 0 Å². The molecular formula is C13H23N5O2. The second kappa shape index (κ2) is 6.34. The number of carbonyl (C=O) groups excluding carboxylic acids is 1. The van der Waals surface area contributed by atoms with Gasteiger partial charge in [-0.1, -0.05) is 13.3 Å². The standard InChI is InChI=1S/C13H23N5O2/c1-3-4-10-7-11(13(15)19)18(16-10)9(2)17-5-6-20-12(14)8-17/h7,9,12H,3-6,8,14H2,1-2H3,(H2,15,19). The summed E-state index contributed by atoms with van der Waals surface area (Å²) in [4.78, 5) is 13.7. The molecular weight excluding hydrogens is 258 g/mol. The van der Waals surface area contributed by atoms with Crippen LogP contribution in [0.4, 0.5) is 0 Å². The van der Waals surface area contributed by atoms with Crippen LogP contribution in [0.5, 0.6) is 0 Å². The molecule has 7 heteroatoms. The van der Waals surface area contributed by atoms with Gasteiger partial charge in [-0.2, -0.15) is 5.10 Å². The summed E-state index contributed by atoms with van der Waals surface area (Å²) in [6.45, 7) is 6.03. The Morgan fingerprint density at radius 1 is 1.65 bits per heavy atom. The summed E-state index contributed by atoms with van der Waals surface area (Å²) in [5.41, 5.74) is 12.6. The zero-order valence-corrected chi connectivity index (χ0v) is 12.1. The highest BCUT2D eigenvalue weighted by molar-refractivity contribution is 5.91. The first-order valence-corrected chi connectivity index (χ1v) is 7.02. The molecule has 0 radical (unpaired) electrons. The number of aryl methyl sites for hydroxylation is 1. The lowest BCUT2D eigenvalue weighted by Gasteiger charge is -2.35. The van der Waals surface area contributed by atoms with Gasteiger partial charge in [0.15, 0.2) is 0 Å². The number of carbonyl (C=O) groups is 1. The minimum absolute atomic E-state index is 0.0712. The molecule has 0 bridgehead atoms. The number of nitrogens with zero attached hydrogens (tertiary/aromatic N) is 3. The van der Waals surface area contributed by atoms with Crippen molar-refractivity contribution in [3.05, 3.63) is 17.5 Å². The quantitative estimate of drug-likeness (QED) is 0.795. The molecule has 2 unspecified atom stereocenters. The fraction of sp³-hybridized carbons (Fsp3) is 0.692. The third-order valence-corrected chi connectivity index (χ3v) is 3.55. The zero-order chi connectivity index (χ0) is 14.7. The lowest BCUT2D eigenvalue weighted by molar-refractivity contribution is -0.0515. The smallest absolute Gasteiger partial charge is 0.267 e. The molecule has 2 heterocycles. The summed E-state index contributed by atoms with van der Waals surface area (Å²) in [5, 5.41) is 4.51. The molecule has 1 fully saturated rings. The van der Waals surface area contributed by atoms with Crippen molar-refractivity contribution < 1.29 is 9.53 Å². The van der Waals surface area contributed by atoms with Crippen molar-refractivity contribution in [2.24, 2.45) is 11.5 Å². The molecule has 1 aliphatic rings. The summed E-state index contributed by atoms with van der Waals surface area (Å²) in [6, 6.07) is 1.78. The first kappa shape index (κ1) is 15.0. The number of nitrogens with two attached hydrogens (primary N) is 2. The maximum Gasteiger partial charge on any atom is 0.267 e. The van der Waals surface area contributed by atoms with Crippen molar-refractivity contribution in [2.45, 2.75) is 39.1 Å². The molecule has 1 saturated heterocycles. The Labute approximate surface area is 118 Å². The minimum Gasteiger partial charge on any atom is -0.364 e. The van der Waals surface area contributed by atoms with Gasteiger partial charge in [-0.05, 0) is 19.4 Å². The highest BCUT2D eigenvalue weighted by Crippen LogP contribution is 2.18. The van der Waals surface area contributed by atoms with Crippen LogP contribution >= 0.6 is 0 Å². The summed E-state index contributed by atoms with van der Waals surface area (Å²) >= 11 is 0. The molecule has 0 saturated carbocycles. The van der Waals surface area contributed by atoms with E-state index in [1.807, 2.05) is 6.92 Å². The average molecular weight is 281 g/mol. The third-order valence-electron chi connectivity index (χ3n) is 3.55. The third kappa shape index (κ3) is 3.17. The maximum absolute atomic E-state index is 11.6. The molecule has 1 amide bonds. The van der Waals surface area contributed by atoms with Gasteiger partial charge in [0, 0.05) is 13.1 Å². The molecule has 4 N–H and O–H groups in total. The molecule has 0 spiro atoms. The summed E-state index contributed by atoms with van der Waals surface area (Å²) in [5.74, 6) is -0.454. The van der Waals surface area contributed by atoms with Gasteiger partial charge in [0.2, 0.25) is 0 Å². The van der Waals surface area contributed by atoms with Crippen LogP contribution in [0.25, 0.3) is 0 Å². The summed E-state index contributed by atoms with van der Waals surface area (Å²) in [7, 11) is 0. The molecule has 1 aromatic rings. The van der Waals surface area contributed by atoms with Crippen LogP contribution in [-0.2, 0) is 11.2 Å². The first-order valence-electron chi connectivity index (χ1n) is 7.02. The van der Waals surface area contributed by atoms with E-state index in [4.69, 9.17) is 16.2 Å². The van der Waals surface area contributed by atoms with E-state index in [0.29, 0.717) is 18.8 Å². The number of amides is 1. The van der Waals surface area contributed by atoms with Gasteiger partial charge >= 0.3 is 0 Å². The number of aromatic nitrogens is 2. The van der Waals surface area contributed by atoms with Crippen LogP contribution in [0.2, 0.25) is 0 Å². The monoisotopic (exact) mass is 281 g/mol. The van der Waals surface area contributed by atoms with Gasteiger partial charge < -0.3 is 16.2 Å². The Bertz CT molecular complexity index is 473. The van der Waals surface area contributed by atoms with Crippen molar-refractivity contribution in [2.75, 3.05) is 19.7 Å². The Morgan fingerprint density at radius 3 is 3.00 bits per heavy atom. The van der Waals surface area contributed by atoms with Crippen LogP contribution < -0.4 is 11.5 Å². The second-order valence-electron chi connectivity index (χ2n) is 5.12. The predicted octanol–water partition coefficient (Wildman–Crippen LogP) is 0.0700. The van der Waals surface area contributed by atoms with E-state index >= 15 is 0 Å². The molecule has 2 atom stereocenters. The lowest BCUT2D eigenvalue weighted by atomic mass is 10.2. The van der Waals surface area contributed by atoms with Gasteiger partial charge in [-0.25, -0.2) is 4.68 Å². The summed E-state index contributed by atoms with van der Waals surface area (Å²) in [6.07, 6.45) is 1.45. The van der Waals surface area contributed by atoms with E-state index in [1.54, 1.807) is 10.7 Å². The SMILES string of the molecule is CCCc1cc(C(N)=O)n(C(C)N2CCOC(N)C2)n1. The lowest BCUT2D eigenvalue weighted by Crippen LogP contribution is -2.49. The Hall–Kier alpha value is -1.44. The van der Waals surface area contributed by atoms with Crippen LogP contribution in [0.1, 0.15) is 42.6 Å². The van der Waals surface area contributed by atoms with Crippen molar-refractivity contribution in [1.29, 1.82) is 0 Å². The molecule has 0 aliphatic carbocycles. The normalized spacial score (nSPS) is 21.9. The minimum atomic E-state index is -0.454. The predicted molar refractivity (Wildman–Crippen MR) is 75.0 cm³/mol. The largest absolute Gasteiger partial charge is 0.364 e. The van der Waals surface area contributed by atoms with Crippen LogP contribution in [-0.4, -0.2) is 46.5 Å². The van der Waals surface area contributed by atoms with Crippen molar-refractivity contribution in [3.63, 3.8) is 0 Å². The number of primary amides is 1. The van der Waals surface area contributed by atoms with E-state index in [0.717, 1.165) is 25.1 Å². The number of hydrogen-bond acceptors (Lipinski definition) is 5. The fourth-order valence-corrected chi connectivity index (χ4v) is 2.48. The van der Waals surface area contributed by atoms with E-state index in [9.17, 15) is 4.79 Å². The van der Waals surface area contributed by atoms with Gasteiger partial charge in [-0.15, -0.1) is 0 Å². The van der Waals surface area contributed by atoms with Crippen molar-refractivity contribution in [1.82, 2.24) is 14.7 Å². The van der Waals surface area contributed by atoms with Gasteiger partial charge in [-0.3, -0.25) is 9.69 Å². The molecule has 1 aromatic heterocycles. The average Bonchev–Trinajstić information content (AvgIpc) is 2.82. The Morgan fingerprint density at radius 2 is 2.40 bits per heavy atom. The summed E-state index contributed by atoms with van der Waals surface area (Å²) < 4.78 is 7.03. The Balaban J connectivity index is 2.23. The van der Waals surface area contributed by atoms with Gasteiger partial charge in [0.05, 0.1) is 12.3 Å². The molecule has 20 heavy (non-hydrogen) atoms. The topological polar surface area (TPSA) is 99.4 Å². The first-order chi connectivity index (χ1) is 9.52. The van der Waals surface area contributed by atoms with E-state index in [1.165, 1.54) is 0 Å². The maximum atomic E-state index is 11.6. The highest BCUT2D eigenvalue weighted by Gasteiger charge is 2.26. The van der Waals surface area contributed by atoms with Crippen molar-refractivity contribution in [3.8, 4) is 0 Å². The van der Waals surface area contributed by atoms with Crippen molar-refractivity contribution >= 4 is 5.91 Å². The molecule has 1 aliphatic heterocycles. The fourth-order valence-electron chi connectivity index (χ4n) is 2.48. The number of rotatable bonds is 5. The van der Waals surface area contributed by atoms with Crippen LogP contribution in [0.15, 0.2) is 6.07 Å². The second-order valence-corrected chi connectivity index (χ2v) is 5.12. The number of morpholine rings is 1.